The molecule has 1 N–H and O–H groups in total. The second-order valence-electron chi connectivity index (χ2n) is 4.95. The van der Waals surface area contributed by atoms with Gasteiger partial charge in [0.2, 0.25) is 5.91 Å². The Hall–Kier alpha value is -2.08. The van der Waals surface area contributed by atoms with E-state index in [2.05, 4.69) is 5.32 Å². The van der Waals surface area contributed by atoms with Crippen LogP contribution in [-0.4, -0.2) is 56.7 Å². The molecule has 0 atom stereocenters. The van der Waals surface area contributed by atoms with Gasteiger partial charge in [0.25, 0.3) is 5.91 Å². The number of carbonyl (C=O) groups excluding carboxylic acids is 2. The van der Waals surface area contributed by atoms with Crippen LogP contribution in [0.2, 0.25) is 0 Å². The van der Waals surface area contributed by atoms with Crippen molar-refractivity contribution in [2.24, 2.45) is 0 Å². The van der Waals surface area contributed by atoms with Crippen LogP contribution in [-0.2, 0) is 14.3 Å². The van der Waals surface area contributed by atoms with Crippen molar-refractivity contribution in [2.45, 2.75) is 13.8 Å². The number of benzene rings is 1. The number of aryl methyl sites for hydroxylation is 1. The van der Waals surface area contributed by atoms with Crippen LogP contribution in [0.25, 0.3) is 0 Å². The summed E-state index contributed by atoms with van der Waals surface area (Å²) in [7, 11) is 1.59. The second-order valence-corrected chi connectivity index (χ2v) is 4.95. The first-order valence-corrected chi connectivity index (χ1v) is 7.23. The van der Waals surface area contributed by atoms with Crippen LogP contribution in [0.3, 0.4) is 0 Å². The summed E-state index contributed by atoms with van der Waals surface area (Å²) in [6, 6.07) is 7.50. The number of carbonyl (C=O) groups is 2. The van der Waals surface area contributed by atoms with Crippen molar-refractivity contribution in [1.29, 1.82) is 0 Å². The summed E-state index contributed by atoms with van der Waals surface area (Å²) in [5, 5.41) is 2.73. The Morgan fingerprint density at radius 3 is 2.45 bits per heavy atom. The Balaban J connectivity index is 2.24. The van der Waals surface area contributed by atoms with E-state index in [1.807, 2.05) is 31.2 Å². The minimum absolute atomic E-state index is 0.0396. The van der Waals surface area contributed by atoms with Crippen molar-refractivity contribution in [1.82, 2.24) is 10.2 Å². The van der Waals surface area contributed by atoms with Crippen LogP contribution in [0.1, 0.15) is 12.5 Å². The molecule has 0 aliphatic heterocycles. The van der Waals surface area contributed by atoms with Gasteiger partial charge < -0.3 is 19.7 Å². The molecule has 0 aromatic heterocycles. The predicted octanol–water partition coefficient (Wildman–Crippen LogP) is 0.985. The highest BCUT2D eigenvalue weighted by atomic mass is 16.5. The van der Waals surface area contributed by atoms with Crippen molar-refractivity contribution < 1.29 is 19.1 Å². The fourth-order valence-corrected chi connectivity index (χ4v) is 1.79. The van der Waals surface area contributed by atoms with Gasteiger partial charge in [-0.25, -0.2) is 0 Å². The summed E-state index contributed by atoms with van der Waals surface area (Å²) in [5.74, 6) is 0.407. The fraction of sp³-hybridized carbons (Fsp3) is 0.500. The zero-order valence-electron chi connectivity index (χ0n) is 13.4. The van der Waals surface area contributed by atoms with Gasteiger partial charge in [0.1, 0.15) is 5.75 Å². The third kappa shape index (κ3) is 7.08. The molecule has 0 bridgehead atoms. The molecule has 0 saturated heterocycles. The normalized spacial score (nSPS) is 10.1. The van der Waals surface area contributed by atoms with Gasteiger partial charge in [-0.05, 0) is 19.1 Å². The maximum Gasteiger partial charge on any atom is 0.258 e. The lowest BCUT2D eigenvalue weighted by molar-refractivity contribution is -0.130. The summed E-state index contributed by atoms with van der Waals surface area (Å²) in [5.41, 5.74) is 1.14. The molecule has 0 radical (unpaired) electrons. The smallest absolute Gasteiger partial charge is 0.258 e. The molecule has 22 heavy (non-hydrogen) atoms. The summed E-state index contributed by atoms with van der Waals surface area (Å²) in [6.07, 6.45) is 0. The highest BCUT2D eigenvalue weighted by molar-refractivity contribution is 5.77. The lowest BCUT2D eigenvalue weighted by atomic mass is 10.2. The predicted molar refractivity (Wildman–Crippen MR) is 83.8 cm³/mol. The van der Waals surface area contributed by atoms with Gasteiger partial charge in [-0.2, -0.15) is 0 Å². The average Bonchev–Trinajstić information content (AvgIpc) is 2.49. The standard InChI is InChI=1S/C16H24N2O4/c1-13-4-6-15(7-5-13)22-12-16(20)17-8-9-18(14(2)19)10-11-21-3/h4-7H,8-12H2,1-3H3,(H,17,20). The third-order valence-corrected chi connectivity index (χ3v) is 3.11. The molecule has 0 heterocycles. The van der Waals surface area contributed by atoms with Crippen molar-refractivity contribution >= 4 is 11.8 Å². The van der Waals surface area contributed by atoms with Crippen LogP contribution in [0, 0.1) is 6.92 Å². The van der Waals surface area contributed by atoms with Gasteiger partial charge in [-0.3, -0.25) is 9.59 Å². The van der Waals surface area contributed by atoms with Crippen molar-refractivity contribution in [3.8, 4) is 5.75 Å². The molecule has 0 aliphatic carbocycles. The Kier molecular flexibility index (Phi) is 7.99. The Bertz CT molecular complexity index is 474. The maximum absolute atomic E-state index is 11.7. The molecule has 0 spiro atoms. The summed E-state index contributed by atoms with van der Waals surface area (Å²) in [6.45, 7) is 5.28. The number of nitrogens with zero attached hydrogens (tertiary/aromatic N) is 1. The summed E-state index contributed by atoms with van der Waals surface area (Å²) >= 11 is 0. The third-order valence-electron chi connectivity index (χ3n) is 3.11. The zero-order chi connectivity index (χ0) is 16.4. The molecule has 0 unspecified atom stereocenters. The first-order valence-electron chi connectivity index (χ1n) is 7.23. The molecule has 0 fully saturated rings. The van der Waals surface area contributed by atoms with Gasteiger partial charge in [0, 0.05) is 33.7 Å². The molecule has 2 amide bonds. The molecule has 1 aromatic carbocycles. The van der Waals surface area contributed by atoms with Crippen LogP contribution in [0.5, 0.6) is 5.75 Å². The number of nitrogens with one attached hydrogen (secondary N) is 1. The summed E-state index contributed by atoms with van der Waals surface area (Å²) in [4.78, 5) is 24.7. The number of rotatable bonds is 9. The van der Waals surface area contributed by atoms with E-state index in [9.17, 15) is 9.59 Å². The van der Waals surface area contributed by atoms with Gasteiger partial charge >= 0.3 is 0 Å². The quantitative estimate of drug-likeness (QED) is 0.738. The molecule has 1 aromatic rings. The van der Waals surface area contributed by atoms with E-state index >= 15 is 0 Å². The van der Waals surface area contributed by atoms with Crippen molar-refractivity contribution in [3.05, 3.63) is 29.8 Å². The van der Waals surface area contributed by atoms with E-state index in [0.717, 1.165) is 5.56 Å². The van der Waals surface area contributed by atoms with E-state index < -0.39 is 0 Å². The number of methoxy groups -OCH3 is 1. The topological polar surface area (TPSA) is 67.9 Å². The molecule has 122 valence electrons. The van der Waals surface area contributed by atoms with Crippen molar-refractivity contribution in [3.63, 3.8) is 0 Å². The van der Waals surface area contributed by atoms with Crippen LogP contribution in [0.15, 0.2) is 24.3 Å². The fourth-order valence-electron chi connectivity index (χ4n) is 1.79. The summed E-state index contributed by atoms with van der Waals surface area (Å²) < 4.78 is 10.3. The van der Waals surface area contributed by atoms with E-state index in [4.69, 9.17) is 9.47 Å². The highest BCUT2D eigenvalue weighted by Crippen LogP contribution is 2.10. The number of hydrogen-bond acceptors (Lipinski definition) is 4. The maximum atomic E-state index is 11.7. The average molecular weight is 308 g/mol. The molecule has 1 rings (SSSR count). The van der Waals surface area contributed by atoms with E-state index in [1.54, 1.807) is 12.0 Å². The number of amides is 2. The molecular formula is C16H24N2O4. The Labute approximate surface area is 131 Å². The molecule has 6 nitrogen and oxygen atoms in total. The SMILES string of the molecule is COCCN(CCNC(=O)COc1ccc(C)cc1)C(C)=O. The molecule has 6 heteroatoms. The van der Waals surface area contributed by atoms with Crippen LogP contribution >= 0.6 is 0 Å². The molecule has 0 aliphatic rings. The lowest BCUT2D eigenvalue weighted by Gasteiger charge is -2.20. The molecule has 0 saturated carbocycles. The van der Waals surface area contributed by atoms with Gasteiger partial charge in [-0.15, -0.1) is 0 Å². The van der Waals surface area contributed by atoms with Gasteiger partial charge in [0.05, 0.1) is 6.61 Å². The minimum Gasteiger partial charge on any atom is -0.484 e. The lowest BCUT2D eigenvalue weighted by Crippen LogP contribution is -2.40. The van der Waals surface area contributed by atoms with Gasteiger partial charge in [0.15, 0.2) is 6.61 Å². The zero-order valence-corrected chi connectivity index (χ0v) is 13.4. The molecular weight excluding hydrogens is 284 g/mol. The largest absolute Gasteiger partial charge is 0.484 e. The minimum atomic E-state index is -0.212. The number of ether oxygens (including phenoxy) is 2. The van der Waals surface area contributed by atoms with Crippen LogP contribution in [0.4, 0.5) is 0 Å². The van der Waals surface area contributed by atoms with Crippen LogP contribution < -0.4 is 10.1 Å². The van der Waals surface area contributed by atoms with E-state index in [-0.39, 0.29) is 18.4 Å². The van der Waals surface area contributed by atoms with E-state index in [0.29, 0.717) is 32.0 Å². The first-order chi connectivity index (χ1) is 10.5. The second kappa shape index (κ2) is 9.78. The number of hydrogen-bond donors (Lipinski definition) is 1. The van der Waals surface area contributed by atoms with Gasteiger partial charge in [-0.1, -0.05) is 17.7 Å². The Morgan fingerprint density at radius 1 is 1.18 bits per heavy atom. The highest BCUT2D eigenvalue weighted by Gasteiger charge is 2.09. The monoisotopic (exact) mass is 308 g/mol. The first kappa shape index (κ1) is 18.0. The van der Waals surface area contributed by atoms with Crippen molar-refractivity contribution in [2.75, 3.05) is 40.0 Å². The Morgan fingerprint density at radius 2 is 1.86 bits per heavy atom. The van der Waals surface area contributed by atoms with E-state index in [1.165, 1.54) is 6.92 Å².